The predicted octanol–water partition coefficient (Wildman–Crippen LogP) is 3.96. The largest absolute Gasteiger partial charge is 0.364 e. The molecule has 4 nitrogen and oxygen atoms in total. The predicted molar refractivity (Wildman–Crippen MR) is 88.8 cm³/mol. The molecule has 0 radical (unpaired) electrons. The Labute approximate surface area is 131 Å². The van der Waals surface area contributed by atoms with Gasteiger partial charge in [-0.2, -0.15) is 0 Å². The zero-order chi connectivity index (χ0) is 15.8. The van der Waals surface area contributed by atoms with Crippen LogP contribution in [0.3, 0.4) is 0 Å². The third-order valence-electron chi connectivity index (χ3n) is 3.48. The van der Waals surface area contributed by atoms with Gasteiger partial charge in [0.1, 0.15) is 6.73 Å². The maximum Gasteiger partial charge on any atom is 0.324 e. The summed E-state index contributed by atoms with van der Waals surface area (Å²) in [5.74, 6) is 0. The summed E-state index contributed by atoms with van der Waals surface area (Å²) >= 11 is 0. The van der Waals surface area contributed by atoms with Crippen LogP contribution < -0.4 is 10.2 Å². The second-order valence-corrected chi connectivity index (χ2v) is 5.00. The van der Waals surface area contributed by atoms with Crippen molar-refractivity contribution in [3.05, 3.63) is 66.2 Å². The van der Waals surface area contributed by atoms with Crippen molar-refractivity contribution in [3.63, 3.8) is 0 Å². The van der Waals surface area contributed by atoms with Crippen LogP contribution in [-0.4, -0.2) is 19.9 Å². The number of urea groups is 1. The molecule has 4 heteroatoms. The SMILES string of the molecule is CCC(NC(=O)N(COC)c1ccccc1)c1ccccc1. The number of amides is 2. The van der Waals surface area contributed by atoms with Crippen molar-refractivity contribution in [2.45, 2.75) is 19.4 Å². The number of hydrogen-bond acceptors (Lipinski definition) is 2. The van der Waals surface area contributed by atoms with E-state index in [9.17, 15) is 4.79 Å². The summed E-state index contributed by atoms with van der Waals surface area (Å²) in [6.07, 6.45) is 0.825. The molecule has 0 aliphatic rings. The molecule has 1 unspecified atom stereocenters. The lowest BCUT2D eigenvalue weighted by Gasteiger charge is -2.25. The van der Waals surface area contributed by atoms with Crippen LogP contribution in [0.25, 0.3) is 0 Å². The average molecular weight is 298 g/mol. The molecule has 116 valence electrons. The van der Waals surface area contributed by atoms with Crippen LogP contribution in [0.5, 0.6) is 0 Å². The Morgan fingerprint density at radius 2 is 1.68 bits per heavy atom. The Balaban J connectivity index is 2.13. The van der Waals surface area contributed by atoms with Gasteiger partial charge >= 0.3 is 6.03 Å². The molecule has 0 fully saturated rings. The van der Waals surface area contributed by atoms with Crippen molar-refractivity contribution in [3.8, 4) is 0 Å². The minimum Gasteiger partial charge on any atom is -0.364 e. The molecular formula is C18H22N2O2. The van der Waals surface area contributed by atoms with Crippen molar-refractivity contribution < 1.29 is 9.53 Å². The van der Waals surface area contributed by atoms with E-state index < -0.39 is 0 Å². The number of carbonyl (C=O) groups excluding carboxylic acids is 1. The first-order valence-corrected chi connectivity index (χ1v) is 7.43. The van der Waals surface area contributed by atoms with Gasteiger partial charge in [-0.1, -0.05) is 55.5 Å². The number of hydrogen-bond donors (Lipinski definition) is 1. The van der Waals surface area contributed by atoms with Crippen LogP contribution >= 0.6 is 0 Å². The van der Waals surface area contributed by atoms with Crippen LogP contribution in [0, 0.1) is 0 Å². The van der Waals surface area contributed by atoms with Gasteiger partial charge < -0.3 is 10.1 Å². The first-order valence-electron chi connectivity index (χ1n) is 7.43. The average Bonchev–Trinajstić information content (AvgIpc) is 2.59. The van der Waals surface area contributed by atoms with Gasteiger partial charge in [-0.25, -0.2) is 4.79 Å². The smallest absolute Gasteiger partial charge is 0.324 e. The maximum absolute atomic E-state index is 12.6. The number of anilines is 1. The molecule has 0 saturated carbocycles. The van der Waals surface area contributed by atoms with E-state index in [-0.39, 0.29) is 18.8 Å². The molecule has 0 aromatic heterocycles. The number of carbonyl (C=O) groups is 1. The lowest BCUT2D eigenvalue weighted by molar-refractivity contribution is 0.190. The van der Waals surface area contributed by atoms with Gasteiger partial charge in [0.15, 0.2) is 0 Å². The van der Waals surface area contributed by atoms with Gasteiger partial charge in [0.05, 0.1) is 6.04 Å². The summed E-state index contributed by atoms with van der Waals surface area (Å²) in [4.78, 5) is 14.2. The number of ether oxygens (including phenoxy) is 1. The summed E-state index contributed by atoms with van der Waals surface area (Å²) in [5, 5.41) is 3.07. The zero-order valence-electron chi connectivity index (χ0n) is 13.0. The monoisotopic (exact) mass is 298 g/mol. The van der Waals surface area contributed by atoms with E-state index >= 15 is 0 Å². The molecule has 1 N–H and O–H groups in total. The summed E-state index contributed by atoms with van der Waals surface area (Å²) in [5.41, 5.74) is 1.91. The molecule has 0 bridgehead atoms. The Morgan fingerprint density at radius 1 is 1.09 bits per heavy atom. The molecule has 2 amide bonds. The molecule has 0 spiro atoms. The molecule has 0 aliphatic carbocycles. The van der Waals surface area contributed by atoms with Crippen molar-refractivity contribution >= 4 is 11.7 Å². The Hall–Kier alpha value is -2.33. The van der Waals surface area contributed by atoms with Crippen molar-refractivity contribution in [1.82, 2.24) is 5.32 Å². The summed E-state index contributed by atoms with van der Waals surface area (Å²) < 4.78 is 5.17. The fraction of sp³-hybridized carbons (Fsp3) is 0.278. The van der Waals surface area contributed by atoms with Crippen molar-refractivity contribution in [2.75, 3.05) is 18.7 Å². The Kier molecular flexibility index (Phi) is 5.98. The van der Waals surface area contributed by atoms with Crippen LogP contribution in [-0.2, 0) is 4.74 Å². The number of nitrogens with zero attached hydrogens (tertiary/aromatic N) is 1. The highest BCUT2D eigenvalue weighted by Crippen LogP contribution is 2.18. The number of nitrogens with one attached hydrogen (secondary N) is 1. The molecule has 1 atom stereocenters. The van der Waals surface area contributed by atoms with Crippen molar-refractivity contribution in [2.24, 2.45) is 0 Å². The Bertz CT molecular complexity index is 572. The fourth-order valence-electron chi connectivity index (χ4n) is 2.32. The van der Waals surface area contributed by atoms with E-state index in [1.165, 1.54) is 0 Å². The van der Waals surface area contributed by atoms with Crippen LogP contribution in [0.4, 0.5) is 10.5 Å². The van der Waals surface area contributed by atoms with Gasteiger partial charge in [-0.05, 0) is 24.1 Å². The van der Waals surface area contributed by atoms with Gasteiger partial charge in [0.2, 0.25) is 0 Å². The topological polar surface area (TPSA) is 41.6 Å². The molecule has 2 aromatic carbocycles. The molecule has 2 aromatic rings. The summed E-state index contributed by atoms with van der Waals surface area (Å²) in [6, 6.07) is 19.3. The minimum atomic E-state index is -0.163. The third kappa shape index (κ3) is 4.09. The first kappa shape index (κ1) is 16.0. The number of para-hydroxylation sites is 1. The molecule has 22 heavy (non-hydrogen) atoms. The maximum atomic E-state index is 12.6. The van der Waals surface area contributed by atoms with E-state index in [0.717, 1.165) is 17.7 Å². The molecule has 0 aliphatic heterocycles. The zero-order valence-corrected chi connectivity index (χ0v) is 13.0. The van der Waals surface area contributed by atoms with Gasteiger partial charge in [0, 0.05) is 12.8 Å². The minimum absolute atomic E-state index is 0.0169. The number of rotatable bonds is 6. The summed E-state index contributed by atoms with van der Waals surface area (Å²) in [7, 11) is 1.58. The van der Waals surface area contributed by atoms with Gasteiger partial charge in [-0.15, -0.1) is 0 Å². The lowest BCUT2D eigenvalue weighted by Crippen LogP contribution is -2.42. The number of benzene rings is 2. The lowest BCUT2D eigenvalue weighted by atomic mass is 10.1. The first-order chi connectivity index (χ1) is 10.8. The summed E-state index contributed by atoms with van der Waals surface area (Å²) in [6.45, 7) is 2.27. The molecule has 2 rings (SSSR count). The second-order valence-electron chi connectivity index (χ2n) is 5.00. The Morgan fingerprint density at radius 3 is 2.23 bits per heavy atom. The van der Waals surface area contributed by atoms with E-state index in [1.807, 2.05) is 60.7 Å². The van der Waals surface area contributed by atoms with Crippen LogP contribution in [0.2, 0.25) is 0 Å². The van der Waals surface area contributed by atoms with E-state index in [1.54, 1.807) is 12.0 Å². The van der Waals surface area contributed by atoms with Crippen LogP contribution in [0.15, 0.2) is 60.7 Å². The quantitative estimate of drug-likeness (QED) is 0.820. The van der Waals surface area contributed by atoms with Crippen molar-refractivity contribution in [1.29, 1.82) is 0 Å². The molecular weight excluding hydrogens is 276 g/mol. The fourth-order valence-corrected chi connectivity index (χ4v) is 2.32. The van der Waals surface area contributed by atoms with Gasteiger partial charge in [0.25, 0.3) is 0 Å². The van der Waals surface area contributed by atoms with E-state index in [0.29, 0.717) is 0 Å². The molecule has 0 saturated heterocycles. The highest BCUT2D eigenvalue weighted by atomic mass is 16.5. The standard InChI is InChI=1S/C18H22N2O2/c1-3-17(15-10-6-4-7-11-15)19-18(21)20(14-22-2)16-12-8-5-9-13-16/h4-13,17H,3,14H2,1-2H3,(H,19,21). The number of methoxy groups -OCH3 is 1. The van der Waals surface area contributed by atoms with Crippen LogP contribution in [0.1, 0.15) is 24.9 Å². The second kappa shape index (κ2) is 8.20. The third-order valence-corrected chi connectivity index (χ3v) is 3.48. The van der Waals surface area contributed by atoms with Gasteiger partial charge in [-0.3, -0.25) is 4.90 Å². The van der Waals surface area contributed by atoms with E-state index in [2.05, 4.69) is 12.2 Å². The highest BCUT2D eigenvalue weighted by Gasteiger charge is 2.19. The highest BCUT2D eigenvalue weighted by molar-refractivity contribution is 5.91. The molecule has 0 heterocycles. The normalized spacial score (nSPS) is 11.7. The van der Waals surface area contributed by atoms with E-state index in [4.69, 9.17) is 4.74 Å².